The lowest BCUT2D eigenvalue weighted by molar-refractivity contribution is 0.299. The van der Waals surface area contributed by atoms with E-state index in [1.165, 1.54) is 0 Å². The zero-order chi connectivity index (χ0) is 8.10. The summed E-state index contributed by atoms with van der Waals surface area (Å²) < 4.78 is 0. The van der Waals surface area contributed by atoms with E-state index in [-0.39, 0.29) is 6.61 Å². The molecule has 0 fully saturated rings. The molecule has 1 aromatic rings. The minimum absolute atomic E-state index is 0.207. The van der Waals surface area contributed by atoms with Crippen LogP contribution in [0.1, 0.15) is 18.2 Å². The fraction of sp³-hybridized carbons (Fsp3) is 0.444. The van der Waals surface area contributed by atoms with Crippen molar-refractivity contribution in [1.82, 2.24) is 4.98 Å². The molecule has 0 aromatic carbocycles. The van der Waals surface area contributed by atoms with Crippen LogP contribution in [0.3, 0.4) is 0 Å². The number of pyridine rings is 1. The normalized spacial score (nSPS) is 10.0. The van der Waals surface area contributed by atoms with Gasteiger partial charge in [-0.1, -0.05) is 13.0 Å². The van der Waals surface area contributed by atoms with E-state index in [4.69, 9.17) is 5.11 Å². The first-order valence-electron chi connectivity index (χ1n) is 3.92. The topological polar surface area (TPSA) is 33.1 Å². The van der Waals surface area contributed by atoms with Gasteiger partial charge in [-0.15, -0.1) is 0 Å². The van der Waals surface area contributed by atoms with Gasteiger partial charge in [0.2, 0.25) is 0 Å². The van der Waals surface area contributed by atoms with Crippen LogP contribution in [0, 0.1) is 0 Å². The SMILES string of the molecule is CCc1ncccc1CCO. The highest BCUT2D eigenvalue weighted by Crippen LogP contribution is 2.05. The van der Waals surface area contributed by atoms with E-state index in [1.54, 1.807) is 6.20 Å². The average molecular weight is 151 g/mol. The van der Waals surface area contributed by atoms with Crippen LogP contribution in [0.2, 0.25) is 0 Å². The molecule has 0 aliphatic heterocycles. The maximum Gasteiger partial charge on any atom is 0.0472 e. The number of aliphatic hydroxyl groups is 1. The number of hydrogen-bond acceptors (Lipinski definition) is 2. The van der Waals surface area contributed by atoms with Gasteiger partial charge in [-0.25, -0.2) is 0 Å². The largest absolute Gasteiger partial charge is 0.396 e. The lowest BCUT2D eigenvalue weighted by Crippen LogP contribution is -1.98. The van der Waals surface area contributed by atoms with Gasteiger partial charge < -0.3 is 5.11 Å². The lowest BCUT2D eigenvalue weighted by Gasteiger charge is -2.02. The highest BCUT2D eigenvalue weighted by atomic mass is 16.2. The number of aliphatic hydroxyl groups excluding tert-OH is 1. The summed E-state index contributed by atoms with van der Waals surface area (Å²) in [6, 6.07) is 3.92. The first-order valence-corrected chi connectivity index (χ1v) is 3.92. The molecule has 0 radical (unpaired) electrons. The van der Waals surface area contributed by atoms with E-state index in [1.807, 2.05) is 12.1 Å². The summed E-state index contributed by atoms with van der Waals surface area (Å²) >= 11 is 0. The molecule has 0 atom stereocenters. The van der Waals surface area contributed by atoms with Crippen LogP contribution in [-0.4, -0.2) is 16.7 Å². The highest BCUT2D eigenvalue weighted by Gasteiger charge is 1.98. The third kappa shape index (κ3) is 2.02. The lowest BCUT2D eigenvalue weighted by atomic mass is 10.1. The molecule has 1 N–H and O–H groups in total. The molecule has 11 heavy (non-hydrogen) atoms. The maximum atomic E-state index is 8.71. The van der Waals surface area contributed by atoms with Crippen molar-refractivity contribution in [2.24, 2.45) is 0 Å². The Labute approximate surface area is 66.9 Å². The molecule has 0 bridgehead atoms. The Balaban J connectivity index is 2.83. The Morgan fingerprint density at radius 2 is 2.36 bits per heavy atom. The van der Waals surface area contributed by atoms with Crippen LogP contribution >= 0.6 is 0 Å². The summed E-state index contributed by atoms with van der Waals surface area (Å²) in [6.07, 6.45) is 3.45. The van der Waals surface area contributed by atoms with Gasteiger partial charge in [-0.05, 0) is 24.5 Å². The van der Waals surface area contributed by atoms with Crippen molar-refractivity contribution in [2.75, 3.05) is 6.61 Å². The van der Waals surface area contributed by atoms with Gasteiger partial charge in [0, 0.05) is 18.5 Å². The number of aromatic nitrogens is 1. The summed E-state index contributed by atoms with van der Waals surface area (Å²) in [5.41, 5.74) is 2.26. The summed E-state index contributed by atoms with van der Waals surface area (Å²) in [5, 5.41) is 8.71. The van der Waals surface area contributed by atoms with Crippen molar-refractivity contribution in [1.29, 1.82) is 0 Å². The minimum atomic E-state index is 0.207. The maximum absolute atomic E-state index is 8.71. The molecule has 0 saturated carbocycles. The Kier molecular flexibility index (Phi) is 3.05. The van der Waals surface area contributed by atoms with E-state index < -0.39 is 0 Å². The highest BCUT2D eigenvalue weighted by molar-refractivity contribution is 5.19. The fourth-order valence-corrected chi connectivity index (χ4v) is 1.14. The van der Waals surface area contributed by atoms with Gasteiger partial charge in [0.25, 0.3) is 0 Å². The van der Waals surface area contributed by atoms with Gasteiger partial charge in [0.05, 0.1) is 0 Å². The molecule has 0 unspecified atom stereocenters. The van der Waals surface area contributed by atoms with Crippen molar-refractivity contribution in [3.8, 4) is 0 Å². The predicted octanol–water partition coefficient (Wildman–Crippen LogP) is 1.18. The van der Waals surface area contributed by atoms with Gasteiger partial charge in [0.15, 0.2) is 0 Å². The second-order valence-electron chi connectivity index (χ2n) is 2.44. The number of aryl methyl sites for hydroxylation is 1. The average Bonchev–Trinajstić information content (AvgIpc) is 2.06. The van der Waals surface area contributed by atoms with E-state index in [2.05, 4.69) is 11.9 Å². The van der Waals surface area contributed by atoms with Crippen LogP contribution in [0.5, 0.6) is 0 Å². The molecule has 1 aromatic heterocycles. The zero-order valence-electron chi connectivity index (χ0n) is 6.75. The van der Waals surface area contributed by atoms with Gasteiger partial charge in [0.1, 0.15) is 0 Å². The Morgan fingerprint density at radius 3 is 3.00 bits per heavy atom. The van der Waals surface area contributed by atoms with Crippen molar-refractivity contribution in [3.05, 3.63) is 29.6 Å². The zero-order valence-corrected chi connectivity index (χ0v) is 6.75. The standard InChI is InChI=1S/C9H13NO/c1-2-9-8(5-7-11)4-3-6-10-9/h3-4,6,11H,2,5,7H2,1H3. The number of rotatable bonds is 3. The third-order valence-electron chi connectivity index (χ3n) is 1.70. The molecule has 2 heteroatoms. The Hall–Kier alpha value is -0.890. The van der Waals surface area contributed by atoms with Crippen molar-refractivity contribution >= 4 is 0 Å². The molecular weight excluding hydrogens is 138 g/mol. The molecule has 1 heterocycles. The van der Waals surface area contributed by atoms with Gasteiger partial charge >= 0.3 is 0 Å². The third-order valence-corrected chi connectivity index (χ3v) is 1.70. The van der Waals surface area contributed by atoms with E-state index in [9.17, 15) is 0 Å². The smallest absolute Gasteiger partial charge is 0.0472 e. The van der Waals surface area contributed by atoms with Gasteiger partial charge in [-0.2, -0.15) is 0 Å². The first kappa shape index (κ1) is 8.21. The Bertz CT molecular complexity index is 223. The number of hydrogen-bond donors (Lipinski definition) is 1. The first-order chi connectivity index (χ1) is 5.38. The van der Waals surface area contributed by atoms with E-state index in [0.717, 1.165) is 24.1 Å². The molecule has 60 valence electrons. The fourth-order valence-electron chi connectivity index (χ4n) is 1.14. The van der Waals surface area contributed by atoms with E-state index in [0.29, 0.717) is 0 Å². The second-order valence-corrected chi connectivity index (χ2v) is 2.44. The predicted molar refractivity (Wildman–Crippen MR) is 44.4 cm³/mol. The van der Waals surface area contributed by atoms with Crippen molar-refractivity contribution in [2.45, 2.75) is 19.8 Å². The van der Waals surface area contributed by atoms with Crippen LogP contribution in [0.15, 0.2) is 18.3 Å². The molecular formula is C9H13NO. The minimum Gasteiger partial charge on any atom is -0.396 e. The van der Waals surface area contributed by atoms with Crippen LogP contribution in [0.25, 0.3) is 0 Å². The summed E-state index contributed by atoms with van der Waals surface area (Å²) in [7, 11) is 0. The Morgan fingerprint density at radius 1 is 1.55 bits per heavy atom. The van der Waals surface area contributed by atoms with Crippen LogP contribution in [-0.2, 0) is 12.8 Å². The molecule has 2 nitrogen and oxygen atoms in total. The molecule has 0 aliphatic rings. The summed E-state index contributed by atoms with van der Waals surface area (Å²) in [4.78, 5) is 4.20. The monoisotopic (exact) mass is 151 g/mol. The summed E-state index contributed by atoms with van der Waals surface area (Å²) in [5.74, 6) is 0. The molecule has 0 amide bonds. The van der Waals surface area contributed by atoms with Crippen molar-refractivity contribution in [3.63, 3.8) is 0 Å². The molecule has 0 saturated heterocycles. The molecule has 0 aliphatic carbocycles. The van der Waals surface area contributed by atoms with E-state index >= 15 is 0 Å². The quantitative estimate of drug-likeness (QED) is 0.703. The summed E-state index contributed by atoms with van der Waals surface area (Å²) in [6.45, 7) is 2.28. The number of nitrogens with zero attached hydrogens (tertiary/aromatic N) is 1. The van der Waals surface area contributed by atoms with Crippen LogP contribution < -0.4 is 0 Å². The second kappa shape index (κ2) is 4.09. The van der Waals surface area contributed by atoms with Gasteiger partial charge in [-0.3, -0.25) is 4.98 Å². The van der Waals surface area contributed by atoms with Crippen molar-refractivity contribution < 1.29 is 5.11 Å². The van der Waals surface area contributed by atoms with Crippen LogP contribution in [0.4, 0.5) is 0 Å². The molecule has 1 rings (SSSR count). The molecule has 0 spiro atoms.